The summed E-state index contributed by atoms with van der Waals surface area (Å²) in [5, 5.41) is 15.1. The van der Waals surface area contributed by atoms with Gasteiger partial charge in [0.2, 0.25) is 11.8 Å². The lowest BCUT2D eigenvalue weighted by molar-refractivity contribution is -0.139. The highest BCUT2D eigenvalue weighted by Crippen LogP contribution is 2.28. The van der Waals surface area contributed by atoms with Gasteiger partial charge in [-0.15, -0.1) is 0 Å². The van der Waals surface area contributed by atoms with E-state index < -0.39 is 17.7 Å². The zero-order valence-corrected chi connectivity index (χ0v) is 23.0. The number of nitrogens with one attached hydrogen (secondary N) is 2. The number of hydrogen-bond donors (Lipinski definition) is 3. The molecule has 4 rings (SSSR count). The third kappa shape index (κ3) is 6.97. The van der Waals surface area contributed by atoms with E-state index in [0.717, 1.165) is 44.2 Å². The summed E-state index contributed by atoms with van der Waals surface area (Å²) < 4.78 is 35.0. The van der Waals surface area contributed by atoms with Crippen LogP contribution in [0.5, 0.6) is 0 Å². The van der Waals surface area contributed by atoms with Crippen molar-refractivity contribution < 1.29 is 33.0 Å². The first kappa shape index (κ1) is 29.9. The van der Waals surface area contributed by atoms with E-state index in [1.165, 1.54) is 0 Å². The third-order valence-electron chi connectivity index (χ3n) is 7.78. The number of rotatable bonds is 11. The fourth-order valence-electron chi connectivity index (χ4n) is 5.72. The molecule has 0 spiro atoms. The van der Waals surface area contributed by atoms with Gasteiger partial charge in [0.1, 0.15) is 11.7 Å². The van der Waals surface area contributed by atoms with Gasteiger partial charge in [-0.25, -0.2) is 8.78 Å². The van der Waals surface area contributed by atoms with Gasteiger partial charge >= 0.3 is 0 Å². The molecule has 3 amide bonds. The molecular weight excluding hydrogens is 524 g/mol. The SMILES string of the molecule is CNCC(=O)NC(C(=O)N1CCN(C(=O)c2cc3cc(F)c(F)cc3n2CCOCCO)CC1)C1CCCCC1. The summed E-state index contributed by atoms with van der Waals surface area (Å²) in [5.74, 6) is -2.57. The van der Waals surface area contributed by atoms with Crippen molar-refractivity contribution >= 4 is 28.6 Å². The number of halogens is 2. The number of likely N-dealkylation sites (N-methyl/N-ethyl adjacent to an activating group) is 1. The highest BCUT2D eigenvalue weighted by Gasteiger charge is 2.36. The molecule has 3 N–H and O–H groups in total. The molecule has 1 saturated heterocycles. The van der Waals surface area contributed by atoms with Gasteiger partial charge in [0.25, 0.3) is 5.91 Å². The average Bonchev–Trinajstić information content (AvgIpc) is 3.31. The van der Waals surface area contributed by atoms with Gasteiger partial charge in [-0.3, -0.25) is 14.4 Å². The van der Waals surface area contributed by atoms with Crippen LogP contribution in [0.2, 0.25) is 0 Å². The first-order valence-electron chi connectivity index (χ1n) is 14.0. The maximum atomic E-state index is 14.1. The number of carbonyl (C=O) groups excluding carboxylic acids is 3. The van der Waals surface area contributed by atoms with Gasteiger partial charge in [-0.05, 0) is 37.9 Å². The van der Waals surface area contributed by atoms with Crippen LogP contribution in [-0.2, 0) is 20.9 Å². The molecule has 1 aromatic carbocycles. The van der Waals surface area contributed by atoms with E-state index >= 15 is 0 Å². The zero-order valence-electron chi connectivity index (χ0n) is 23.0. The Morgan fingerprint density at radius 3 is 2.35 bits per heavy atom. The van der Waals surface area contributed by atoms with Crippen molar-refractivity contribution in [2.75, 3.05) is 59.6 Å². The molecule has 1 aliphatic carbocycles. The number of ether oxygens (including phenoxy) is 1. The molecule has 0 radical (unpaired) electrons. The molecule has 12 heteroatoms. The summed E-state index contributed by atoms with van der Waals surface area (Å²) in [7, 11) is 1.68. The Hall–Kier alpha value is -3.09. The van der Waals surface area contributed by atoms with E-state index in [9.17, 15) is 23.2 Å². The number of aliphatic hydroxyl groups excluding tert-OH is 1. The number of benzene rings is 1. The van der Waals surface area contributed by atoms with E-state index in [4.69, 9.17) is 9.84 Å². The normalized spacial score (nSPS) is 17.3. The lowest BCUT2D eigenvalue weighted by atomic mass is 9.83. The van der Waals surface area contributed by atoms with E-state index in [2.05, 4.69) is 10.6 Å². The van der Waals surface area contributed by atoms with Crippen molar-refractivity contribution in [3.05, 3.63) is 35.5 Å². The molecule has 1 aromatic heterocycles. The van der Waals surface area contributed by atoms with Crippen molar-refractivity contribution in [1.29, 1.82) is 0 Å². The quantitative estimate of drug-likeness (QED) is 0.357. The Morgan fingerprint density at radius 2 is 1.68 bits per heavy atom. The molecular formula is C28H39F2N5O5. The number of aliphatic hydroxyl groups is 1. The van der Waals surface area contributed by atoms with Crippen LogP contribution in [-0.4, -0.2) is 103 Å². The number of hydrogen-bond acceptors (Lipinski definition) is 6. The fourth-order valence-corrected chi connectivity index (χ4v) is 5.72. The second kappa shape index (κ2) is 14.0. The van der Waals surface area contributed by atoms with Crippen LogP contribution < -0.4 is 10.6 Å². The van der Waals surface area contributed by atoms with E-state index in [0.29, 0.717) is 24.0 Å². The number of aromatic nitrogens is 1. The van der Waals surface area contributed by atoms with Gasteiger partial charge in [0.15, 0.2) is 11.6 Å². The Bertz CT molecular complexity index is 1190. The topological polar surface area (TPSA) is 116 Å². The van der Waals surface area contributed by atoms with Crippen molar-refractivity contribution in [3.8, 4) is 0 Å². The Labute approximate surface area is 232 Å². The fraction of sp³-hybridized carbons (Fsp3) is 0.607. The van der Waals surface area contributed by atoms with Crippen LogP contribution in [0.1, 0.15) is 42.6 Å². The molecule has 1 aliphatic heterocycles. The van der Waals surface area contributed by atoms with Crippen LogP contribution >= 0.6 is 0 Å². The first-order chi connectivity index (χ1) is 19.3. The lowest BCUT2D eigenvalue weighted by Crippen LogP contribution is -2.58. The van der Waals surface area contributed by atoms with Gasteiger partial charge in [0.05, 0.1) is 31.9 Å². The molecule has 1 atom stereocenters. The van der Waals surface area contributed by atoms with Crippen molar-refractivity contribution in [2.24, 2.45) is 5.92 Å². The summed E-state index contributed by atoms with van der Waals surface area (Å²) in [5.41, 5.74) is 0.642. The van der Waals surface area contributed by atoms with E-state index in [1.807, 2.05) is 0 Å². The van der Waals surface area contributed by atoms with Crippen molar-refractivity contribution in [1.82, 2.24) is 25.0 Å². The van der Waals surface area contributed by atoms with Crippen LogP contribution in [0, 0.1) is 17.6 Å². The number of fused-ring (bicyclic) bond motifs is 1. The summed E-state index contributed by atoms with van der Waals surface area (Å²) in [4.78, 5) is 42.9. The maximum absolute atomic E-state index is 14.1. The number of piperazine rings is 1. The largest absolute Gasteiger partial charge is 0.394 e. The second-order valence-corrected chi connectivity index (χ2v) is 10.4. The Morgan fingerprint density at radius 1 is 1.00 bits per heavy atom. The smallest absolute Gasteiger partial charge is 0.270 e. The molecule has 0 bridgehead atoms. The summed E-state index contributed by atoms with van der Waals surface area (Å²) >= 11 is 0. The van der Waals surface area contributed by atoms with Gasteiger partial charge in [-0.1, -0.05) is 19.3 Å². The monoisotopic (exact) mass is 563 g/mol. The summed E-state index contributed by atoms with van der Waals surface area (Å²) in [6, 6.07) is 3.09. The van der Waals surface area contributed by atoms with Gasteiger partial charge < -0.3 is 34.8 Å². The van der Waals surface area contributed by atoms with Gasteiger partial charge in [-0.2, -0.15) is 0 Å². The molecule has 2 aliphatic rings. The molecule has 1 unspecified atom stereocenters. The second-order valence-electron chi connectivity index (χ2n) is 10.4. The van der Waals surface area contributed by atoms with Crippen molar-refractivity contribution in [2.45, 2.75) is 44.7 Å². The van der Waals surface area contributed by atoms with Crippen LogP contribution in [0.25, 0.3) is 10.9 Å². The predicted molar refractivity (Wildman–Crippen MR) is 145 cm³/mol. The minimum Gasteiger partial charge on any atom is -0.394 e. The lowest BCUT2D eigenvalue weighted by Gasteiger charge is -2.39. The number of nitrogens with zero attached hydrogens (tertiary/aromatic N) is 3. The average molecular weight is 564 g/mol. The minimum absolute atomic E-state index is 0.0891. The molecule has 2 heterocycles. The van der Waals surface area contributed by atoms with Crippen LogP contribution in [0.3, 0.4) is 0 Å². The van der Waals surface area contributed by atoms with Gasteiger partial charge in [0, 0.05) is 44.2 Å². The van der Waals surface area contributed by atoms with E-state index in [-0.39, 0.29) is 75.3 Å². The number of carbonyl (C=O) groups is 3. The Kier molecular flexibility index (Phi) is 10.5. The highest BCUT2D eigenvalue weighted by atomic mass is 19.2. The first-order valence-corrected chi connectivity index (χ1v) is 14.0. The zero-order chi connectivity index (χ0) is 28.6. The van der Waals surface area contributed by atoms with Crippen LogP contribution in [0.15, 0.2) is 18.2 Å². The predicted octanol–water partition coefficient (Wildman–Crippen LogP) is 1.50. The van der Waals surface area contributed by atoms with Crippen molar-refractivity contribution in [3.63, 3.8) is 0 Å². The summed E-state index contributed by atoms with van der Waals surface area (Å²) in [6.07, 6.45) is 4.98. The summed E-state index contributed by atoms with van der Waals surface area (Å²) in [6.45, 7) is 1.70. The number of amides is 3. The van der Waals surface area contributed by atoms with E-state index in [1.54, 1.807) is 27.5 Å². The molecule has 40 heavy (non-hydrogen) atoms. The minimum atomic E-state index is -1.01. The molecule has 1 saturated carbocycles. The molecule has 2 aromatic rings. The van der Waals surface area contributed by atoms with Crippen LogP contribution in [0.4, 0.5) is 8.78 Å². The maximum Gasteiger partial charge on any atom is 0.270 e. The Balaban J connectivity index is 1.47. The molecule has 10 nitrogen and oxygen atoms in total. The standard InChI is InChI=1S/C28H39F2N5O5/c1-31-18-25(37)32-26(19-5-3-2-4-6-19)28(39)34-9-7-33(8-10-34)27(38)24-16-20-15-21(29)22(30)17-23(20)35(24)11-13-40-14-12-36/h15-17,19,26,31,36H,2-14,18H2,1H3,(H,32,37). The highest BCUT2D eigenvalue weighted by molar-refractivity contribution is 5.99. The third-order valence-corrected chi connectivity index (χ3v) is 7.78. The molecule has 2 fully saturated rings. The molecule has 220 valence electrons.